The van der Waals surface area contributed by atoms with Gasteiger partial charge in [0.05, 0.1) is 12.7 Å². The number of fused-ring (bicyclic) bond motifs is 1. The molecule has 1 aliphatic rings. The fourth-order valence-corrected chi connectivity index (χ4v) is 3.74. The first-order valence-corrected chi connectivity index (χ1v) is 9.19. The van der Waals surface area contributed by atoms with E-state index in [2.05, 4.69) is 37.3 Å². The molecule has 1 fully saturated rings. The van der Waals surface area contributed by atoms with E-state index < -0.39 is 0 Å². The second-order valence-corrected chi connectivity index (χ2v) is 6.98. The molecule has 4 rings (SSSR count). The third-order valence-electron chi connectivity index (χ3n) is 5.28. The lowest BCUT2D eigenvalue weighted by Gasteiger charge is -2.34. The van der Waals surface area contributed by atoms with Crippen LogP contribution in [0.4, 0.5) is 0 Å². The number of amides is 1. The van der Waals surface area contributed by atoms with Crippen molar-refractivity contribution in [2.75, 3.05) is 32.7 Å². The van der Waals surface area contributed by atoms with Gasteiger partial charge in [-0.2, -0.15) is 0 Å². The van der Waals surface area contributed by atoms with Crippen LogP contribution in [0.1, 0.15) is 5.56 Å². The first-order valence-electron chi connectivity index (χ1n) is 9.19. The van der Waals surface area contributed by atoms with Crippen molar-refractivity contribution in [2.24, 2.45) is 7.05 Å². The van der Waals surface area contributed by atoms with Crippen LogP contribution in [-0.2, 0) is 24.8 Å². The van der Waals surface area contributed by atoms with Gasteiger partial charge < -0.3 is 14.0 Å². The Morgan fingerprint density at radius 1 is 1.12 bits per heavy atom. The van der Waals surface area contributed by atoms with E-state index in [1.54, 1.807) is 0 Å². The number of carbonyl (C=O) groups is 1. The Kier molecular flexibility index (Phi) is 4.75. The maximum absolute atomic E-state index is 12.8. The number of aryl methyl sites for hydroxylation is 1. The van der Waals surface area contributed by atoms with Gasteiger partial charge in [-0.05, 0) is 11.6 Å². The molecule has 136 valence electrons. The Labute approximate surface area is 153 Å². The lowest BCUT2D eigenvalue weighted by atomic mass is 10.1. The quantitative estimate of drug-likeness (QED) is 0.704. The second kappa shape index (κ2) is 7.33. The van der Waals surface area contributed by atoms with E-state index >= 15 is 0 Å². The molecule has 1 aliphatic heterocycles. The van der Waals surface area contributed by atoms with Gasteiger partial charge >= 0.3 is 0 Å². The Morgan fingerprint density at radius 3 is 2.69 bits per heavy atom. The molecule has 0 unspecified atom stereocenters. The Bertz CT molecular complexity index is 875. The molecular formula is C20H25N5O. The number of hydrogen-bond donors (Lipinski definition) is 0. The summed E-state index contributed by atoms with van der Waals surface area (Å²) in [6.07, 6.45) is 8.22. The van der Waals surface area contributed by atoms with E-state index in [4.69, 9.17) is 0 Å². The van der Waals surface area contributed by atoms with Crippen LogP contribution in [0.15, 0.2) is 49.2 Å². The highest BCUT2D eigenvalue weighted by Crippen LogP contribution is 2.21. The summed E-state index contributed by atoms with van der Waals surface area (Å²) in [6.45, 7) is 5.46. The zero-order valence-corrected chi connectivity index (χ0v) is 15.2. The average Bonchev–Trinajstić information content (AvgIpc) is 3.29. The highest BCUT2D eigenvalue weighted by molar-refractivity contribution is 5.89. The summed E-state index contributed by atoms with van der Waals surface area (Å²) in [7, 11) is 2.04. The van der Waals surface area contributed by atoms with Crippen molar-refractivity contribution in [3.63, 3.8) is 0 Å². The van der Waals surface area contributed by atoms with Crippen LogP contribution in [0, 0.1) is 0 Å². The summed E-state index contributed by atoms with van der Waals surface area (Å²) >= 11 is 0. The molecule has 0 bridgehead atoms. The molecule has 0 radical (unpaired) electrons. The van der Waals surface area contributed by atoms with E-state index in [9.17, 15) is 4.79 Å². The molecular weight excluding hydrogens is 326 g/mol. The molecule has 6 nitrogen and oxygen atoms in total. The molecule has 1 aromatic carbocycles. The number of piperazine rings is 1. The predicted molar refractivity (Wildman–Crippen MR) is 102 cm³/mol. The molecule has 1 saturated heterocycles. The fraction of sp³-hybridized carbons (Fsp3) is 0.400. The van der Waals surface area contributed by atoms with E-state index in [1.807, 2.05) is 42.8 Å². The fourth-order valence-electron chi connectivity index (χ4n) is 3.74. The van der Waals surface area contributed by atoms with Gasteiger partial charge in [0.2, 0.25) is 5.91 Å². The highest BCUT2D eigenvalue weighted by atomic mass is 16.2. The number of para-hydroxylation sites is 1. The van der Waals surface area contributed by atoms with Crippen molar-refractivity contribution in [3.8, 4) is 0 Å². The number of rotatable bonds is 5. The van der Waals surface area contributed by atoms with Crippen molar-refractivity contribution in [3.05, 3.63) is 54.7 Å². The third kappa shape index (κ3) is 3.51. The molecule has 3 heterocycles. The van der Waals surface area contributed by atoms with Crippen LogP contribution in [0.5, 0.6) is 0 Å². The molecule has 6 heteroatoms. The number of benzene rings is 1. The Balaban J connectivity index is 1.32. The molecule has 0 saturated carbocycles. The van der Waals surface area contributed by atoms with Gasteiger partial charge in [-0.3, -0.25) is 9.69 Å². The highest BCUT2D eigenvalue weighted by Gasteiger charge is 2.22. The van der Waals surface area contributed by atoms with Gasteiger partial charge in [0, 0.05) is 75.8 Å². The number of imidazole rings is 1. The van der Waals surface area contributed by atoms with E-state index in [0.717, 1.165) is 44.8 Å². The summed E-state index contributed by atoms with van der Waals surface area (Å²) in [5.74, 6) is 0.232. The van der Waals surface area contributed by atoms with E-state index in [0.29, 0.717) is 6.42 Å². The lowest BCUT2D eigenvalue weighted by Crippen LogP contribution is -2.49. The molecule has 2 aromatic heterocycles. The molecule has 0 atom stereocenters. The average molecular weight is 351 g/mol. The molecule has 1 amide bonds. The van der Waals surface area contributed by atoms with Crippen LogP contribution < -0.4 is 0 Å². The second-order valence-electron chi connectivity index (χ2n) is 6.98. The summed E-state index contributed by atoms with van der Waals surface area (Å²) in [6, 6.07) is 8.28. The molecule has 0 N–H and O–H groups in total. The van der Waals surface area contributed by atoms with Gasteiger partial charge in [-0.15, -0.1) is 0 Å². The standard InChI is InChI=1S/C20H25N5O/c1-22-15-17(18-4-2-3-5-19(18)22)14-20(26)25-12-10-23(11-13-25)8-9-24-7-6-21-16-24/h2-7,15-16H,8-14H2,1H3. The minimum atomic E-state index is 0.232. The maximum atomic E-state index is 12.8. The van der Waals surface area contributed by atoms with Crippen molar-refractivity contribution in [2.45, 2.75) is 13.0 Å². The van der Waals surface area contributed by atoms with Crippen LogP contribution in [0.25, 0.3) is 10.9 Å². The SMILES string of the molecule is Cn1cc(CC(=O)N2CCN(CCn3ccnc3)CC2)c2ccccc21. The number of aromatic nitrogens is 3. The van der Waals surface area contributed by atoms with Crippen LogP contribution in [0.2, 0.25) is 0 Å². The first-order chi connectivity index (χ1) is 12.7. The van der Waals surface area contributed by atoms with Crippen LogP contribution in [-0.4, -0.2) is 62.5 Å². The summed E-state index contributed by atoms with van der Waals surface area (Å²) in [5, 5.41) is 1.18. The number of carbonyl (C=O) groups excluding carboxylic acids is 1. The van der Waals surface area contributed by atoms with E-state index in [-0.39, 0.29) is 5.91 Å². The topological polar surface area (TPSA) is 46.3 Å². The molecule has 0 aliphatic carbocycles. The van der Waals surface area contributed by atoms with Crippen molar-refractivity contribution in [1.82, 2.24) is 23.9 Å². The molecule has 0 spiro atoms. The van der Waals surface area contributed by atoms with Crippen molar-refractivity contribution >= 4 is 16.8 Å². The van der Waals surface area contributed by atoms with Crippen molar-refractivity contribution < 1.29 is 4.79 Å². The summed E-state index contributed by atoms with van der Waals surface area (Å²) < 4.78 is 4.20. The zero-order chi connectivity index (χ0) is 17.9. The van der Waals surface area contributed by atoms with Gasteiger partial charge in [0.1, 0.15) is 0 Å². The number of nitrogens with zero attached hydrogens (tertiary/aromatic N) is 5. The normalized spacial score (nSPS) is 15.7. The Hall–Kier alpha value is -2.60. The Morgan fingerprint density at radius 2 is 1.92 bits per heavy atom. The monoisotopic (exact) mass is 351 g/mol. The minimum Gasteiger partial charge on any atom is -0.350 e. The van der Waals surface area contributed by atoms with E-state index in [1.165, 1.54) is 10.9 Å². The van der Waals surface area contributed by atoms with Crippen LogP contribution in [0.3, 0.4) is 0 Å². The third-order valence-corrected chi connectivity index (χ3v) is 5.28. The van der Waals surface area contributed by atoms with Gasteiger partial charge in [-0.1, -0.05) is 18.2 Å². The van der Waals surface area contributed by atoms with Gasteiger partial charge in [0.15, 0.2) is 0 Å². The largest absolute Gasteiger partial charge is 0.350 e. The zero-order valence-electron chi connectivity index (χ0n) is 15.2. The minimum absolute atomic E-state index is 0.232. The predicted octanol–water partition coefficient (Wildman–Crippen LogP) is 1.76. The maximum Gasteiger partial charge on any atom is 0.227 e. The number of hydrogen-bond acceptors (Lipinski definition) is 3. The lowest BCUT2D eigenvalue weighted by molar-refractivity contribution is -0.132. The van der Waals surface area contributed by atoms with Gasteiger partial charge in [0.25, 0.3) is 0 Å². The van der Waals surface area contributed by atoms with Crippen molar-refractivity contribution in [1.29, 1.82) is 0 Å². The summed E-state index contributed by atoms with van der Waals surface area (Å²) in [5.41, 5.74) is 2.30. The molecule has 26 heavy (non-hydrogen) atoms. The summed E-state index contributed by atoms with van der Waals surface area (Å²) in [4.78, 5) is 21.3. The smallest absolute Gasteiger partial charge is 0.227 e. The van der Waals surface area contributed by atoms with Crippen LogP contribution >= 0.6 is 0 Å². The first kappa shape index (κ1) is 16.8. The molecule has 3 aromatic rings. The van der Waals surface area contributed by atoms with Gasteiger partial charge in [-0.25, -0.2) is 4.98 Å².